The van der Waals surface area contributed by atoms with Crippen LogP contribution in [-0.2, 0) is 19.1 Å². The summed E-state index contributed by atoms with van der Waals surface area (Å²) < 4.78 is 5.25. The zero-order chi connectivity index (χ0) is 12.8. The van der Waals surface area contributed by atoms with Crippen molar-refractivity contribution >= 4 is 18.3 Å². The number of imide groups is 1. The van der Waals surface area contributed by atoms with Crippen molar-refractivity contribution in [1.82, 2.24) is 10.2 Å². The van der Waals surface area contributed by atoms with E-state index in [2.05, 4.69) is 0 Å². The Hall–Kier alpha value is -1.89. The number of ether oxygens (including phenoxy) is 1. The maximum absolute atomic E-state index is 10.9. The monoisotopic (exact) mass is 242 g/mol. The van der Waals surface area contributed by atoms with Crippen LogP contribution in [0.1, 0.15) is 12.8 Å². The van der Waals surface area contributed by atoms with E-state index in [0.29, 0.717) is 19.3 Å². The molecule has 0 bridgehead atoms. The predicted molar refractivity (Wildman–Crippen MR) is 56.6 cm³/mol. The Balaban J connectivity index is 2.44. The molecule has 94 valence electrons. The summed E-state index contributed by atoms with van der Waals surface area (Å²) in [5, 5.41) is 10.7. The molecule has 1 aliphatic rings. The van der Waals surface area contributed by atoms with Gasteiger partial charge < -0.3 is 14.7 Å². The molecule has 0 aromatic heterocycles. The molecule has 1 aliphatic heterocycles. The van der Waals surface area contributed by atoms with Gasteiger partial charge in [0.15, 0.2) is 6.10 Å². The summed E-state index contributed by atoms with van der Waals surface area (Å²) in [7, 11) is 1.67. The van der Waals surface area contributed by atoms with Crippen molar-refractivity contribution in [2.75, 3.05) is 7.05 Å². The first-order valence-corrected chi connectivity index (χ1v) is 5.07. The van der Waals surface area contributed by atoms with Crippen molar-refractivity contribution in [3.05, 3.63) is 12.3 Å². The highest BCUT2D eigenvalue weighted by Crippen LogP contribution is 2.21. The van der Waals surface area contributed by atoms with Crippen LogP contribution in [0, 0.1) is 0 Å². The lowest BCUT2D eigenvalue weighted by molar-refractivity contribution is -0.152. The van der Waals surface area contributed by atoms with Gasteiger partial charge in [-0.25, -0.2) is 4.79 Å². The summed E-state index contributed by atoms with van der Waals surface area (Å²) >= 11 is 0. The molecular weight excluding hydrogens is 228 g/mol. The Kier molecular flexibility index (Phi) is 4.65. The third-order valence-electron chi connectivity index (χ3n) is 2.39. The van der Waals surface area contributed by atoms with Gasteiger partial charge in [0.2, 0.25) is 6.41 Å². The molecule has 2 amide bonds. The van der Waals surface area contributed by atoms with Crippen LogP contribution in [0.5, 0.6) is 0 Å². The second-order valence-electron chi connectivity index (χ2n) is 3.60. The number of hydrogen-bond donors (Lipinski definition) is 2. The molecular formula is C10H14N2O5. The van der Waals surface area contributed by atoms with E-state index >= 15 is 0 Å². The number of nitrogens with zero attached hydrogens (tertiary/aromatic N) is 1. The summed E-state index contributed by atoms with van der Waals surface area (Å²) in [6.07, 6.45) is 2.76. The molecule has 0 aliphatic carbocycles. The quantitative estimate of drug-likeness (QED) is 0.488. The van der Waals surface area contributed by atoms with Crippen molar-refractivity contribution < 1.29 is 24.2 Å². The van der Waals surface area contributed by atoms with Gasteiger partial charge in [0.25, 0.3) is 5.91 Å². The SMILES string of the molecule is CN(/C=C\C(=O)NC=O)C1CCC(C(=O)O)O1. The normalized spacial score (nSPS) is 23.6. The van der Waals surface area contributed by atoms with Gasteiger partial charge in [0.05, 0.1) is 0 Å². The van der Waals surface area contributed by atoms with Crippen LogP contribution in [-0.4, -0.2) is 47.7 Å². The lowest BCUT2D eigenvalue weighted by atomic mass is 10.2. The second kappa shape index (κ2) is 6.00. The van der Waals surface area contributed by atoms with E-state index in [1.165, 1.54) is 12.3 Å². The highest BCUT2D eigenvalue weighted by atomic mass is 16.5. The largest absolute Gasteiger partial charge is 0.479 e. The first kappa shape index (κ1) is 13.2. The molecule has 7 nitrogen and oxygen atoms in total. The number of aliphatic carboxylic acids is 1. The van der Waals surface area contributed by atoms with Gasteiger partial charge in [0, 0.05) is 19.3 Å². The molecule has 7 heteroatoms. The van der Waals surface area contributed by atoms with Crippen LogP contribution >= 0.6 is 0 Å². The maximum Gasteiger partial charge on any atom is 0.332 e. The molecule has 2 unspecified atom stereocenters. The number of carbonyl (C=O) groups is 3. The van der Waals surface area contributed by atoms with Crippen molar-refractivity contribution in [2.45, 2.75) is 25.2 Å². The summed E-state index contributed by atoms with van der Waals surface area (Å²) in [6, 6.07) is 0. The van der Waals surface area contributed by atoms with E-state index in [0.717, 1.165) is 0 Å². The number of nitrogens with one attached hydrogen (secondary N) is 1. The Morgan fingerprint density at radius 2 is 2.18 bits per heavy atom. The van der Waals surface area contributed by atoms with Crippen molar-refractivity contribution in [3.63, 3.8) is 0 Å². The summed E-state index contributed by atoms with van der Waals surface area (Å²) in [6.45, 7) is 0. The van der Waals surface area contributed by atoms with E-state index in [1.54, 1.807) is 11.9 Å². The zero-order valence-corrected chi connectivity index (χ0v) is 9.33. The standard InChI is InChI=1S/C10H14N2O5/c1-12(5-4-8(14)11-6-13)9-3-2-7(17-9)10(15)16/h4-7,9H,2-3H2,1H3,(H,15,16)(H,11,13,14)/b5-4-. The van der Waals surface area contributed by atoms with Gasteiger partial charge in [0.1, 0.15) is 6.23 Å². The van der Waals surface area contributed by atoms with Crippen molar-refractivity contribution in [2.24, 2.45) is 0 Å². The highest BCUT2D eigenvalue weighted by molar-refractivity contribution is 5.94. The van der Waals surface area contributed by atoms with E-state index in [9.17, 15) is 14.4 Å². The van der Waals surface area contributed by atoms with Gasteiger partial charge >= 0.3 is 5.97 Å². The zero-order valence-electron chi connectivity index (χ0n) is 9.33. The summed E-state index contributed by atoms with van der Waals surface area (Å²) in [4.78, 5) is 33.2. The lowest BCUT2D eigenvalue weighted by Gasteiger charge is -2.21. The Labute approximate surface area is 98.0 Å². The third-order valence-corrected chi connectivity index (χ3v) is 2.39. The molecule has 1 heterocycles. The average molecular weight is 242 g/mol. The molecule has 0 radical (unpaired) electrons. The summed E-state index contributed by atoms with van der Waals surface area (Å²) in [5.41, 5.74) is 0. The maximum atomic E-state index is 10.9. The number of carboxylic acid groups (broad SMARTS) is 1. The fourth-order valence-corrected chi connectivity index (χ4v) is 1.49. The Morgan fingerprint density at radius 1 is 1.47 bits per heavy atom. The van der Waals surface area contributed by atoms with Crippen LogP contribution in [0.4, 0.5) is 0 Å². The Bertz CT molecular complexity index is 342. The molecule has 0 spiro atoms. The van der Waals surface area contributed by atoms with Crippen LogP contribution in [0.2, 0.25) is 0 Å². The minimum atomic E-state index is -0.983. The van der Waals surface area contributed by atoms with Crippen LogP contribution in [0.25, 0.3) is 0 Å². The predicted octanol–water partition coefficient (Wildman–Crippen LogP) is -0.706. The molecule has 1 rings (SSSR count). The van der Waals surface area contributed by atoms with E-state index in [4.69, 9.17) is 9.84 Å². The fourth-order valence-electron chi connectivity index (χ4n) is 1.49. The smallest absolute Gasteiger partial charge is 0.332 e. The third kappa shape index (κ3) is 3.87. The van der Waals surface area contributed by atoms with Gasteiger partial charge in [-0.1, -0.05) is 0 Å². The minimum absolute atomic E-state index is 0.291. The molecule has 0 aromatic carbocycles. The molecule has 2 atom stereocenters. The van der Waals surface area contributed by atoms with Crippen LogP contribution < -0.4 is 5.32 Å². The van der Waals surface area contributed by atoms with Gasteiger partial charge in [-0.3, -0.25) is 14.9 Å². The lowest BCUT2D eigenvalue weighted by Crippen LogP contribution is -2.30. The number of amides is 2. The van der Waals surface area contributed by atoms with Crippen LogP contribution in [0.15, 0.2) is 12.3 Å². The van der Waals surface area contributed by atoms with Gasteiger partial charge in [-0.05, 0) is 12.8 Å². The molecule has 0 saturated carbocycles. The van der Waals surface area contributed by atoms with E-state index in [1.807, 2.05) is 5.32 Å². The molecule has 2 N–H and O–H groups in total. The fraction of sp³-hybridized carbons (Fsp3) is 0.500. The van der Waals surface area contributed by atoms with Crippen LogP contribution in [0.3, 0.4) is 0 Å². The number of carbonyl (C=O) groups excluding carboxylic acids is 2. The first-order valence-electron chi connectivity index (χ1n) is 5.07. The molecule has 17 heavy (non-hydrogen) atoms. The molecule has 0 aromatic rings. The Morgan fingerprint density at radius 3 is 2.71 bits per heavy atom. The second-order valence-corrected chi connectivity index (χ2v) is 3.60. The molecule has 1 saturated heterocycles. The van der Waals surface area contributed by atoms with Gasteiger partial charge in [-0.15, -0.1) is 0 Å². The highest BCUT2D eigenvalue weighted by Gasteiger charge is 2.31. The number of rotatable bonds is 5. The van der Waals surface area contributed by atoms with E-state index < -0.39 is 18.0 Å². The first-order chi connectivity index (χ1) is 8.04. The van der Waals surface area contributed by atoms with Gasteiger partial charge in [-0.2, -0.15) is 0 Å². The van der Waals surface area contributed by atoms with Crippen molar-refractivity contribution in [1.29, 1.82) is 0 Å². The average Bonchev–Trinajstić information content (AvgIpc) is 2.75. The number of carboxylic acids is 1. The van der Waals surface area contributed by atoms with Crippen molar-refractivity contribution in [3.8, 4) is 0 Å². The number of hydrogen-bond acceptors (Lipinski definition) is 5. The molecule has 1 fully saturated rings. The van der Waals surface area contributed by atoms with E-state index in [-0.39, 0.29) is 6.23 Å². The summed E-state index contributed by atoms with van der Waals surface area (Å²) in [5.74, 6) is -1.52. The minimum Gasteiger partial charge on any atom is -0.479 e. The topological polar surface area (TPSA) is 95.9 Å².